The van der Waals surface area contributed by atoms with Crippen molar-refractivity contribution in [3.63, 3.8) is 0 Å². The number of aromatic amines is 2. The molecule has 6 nitrogen and oxygen atoms in total. The minimum absolute atomic E-state index is 0.0495. The Bertz CT molecular complexity index is 1190. The second kappa shape index (κ2) is 6.74. The van der Waals surface area contributed by atoms with Gasteiger partial charge in [0.15, 0.2) is 4.77 Å². The summed E-state index contributed by atoms with van der Waals surface area (Å²) >= 11 is 4.94. The number of nitriles is 1. The first-order chi connectivity index (χ1) is 12.4. The number of nitrogens with zero attached hydrogens (tertiary/aromatic N) is 1. The average molecular weight is 367 g/mol. The highest BCUT2D eigenvalue weighted by Gasteiger charge is 2.14. The second-order valence-electron chi connectivity index (χ2n) is 5.35. The molecule has 1 aromatic heterocycles. The van der Waals surface area contributed by atoms with E-state index in [0.29, 0.717) is 11.1 Å². The van der Waals surface area contributed by atoms with E-state index in [9.17, 15) is 19.2 Å². The molecule has 0 bridgehead atoms. The molecule has 0 atom stereocenters. The molecule has 2 aromatic carbocycles. The Morgan fingerprint density at radius 1 is 1.15 bits per heavy atom. The van der Waals surface area contributed by atoms with Gasteiger partial charge in [-0.25, -0.2) is 9.18 Å². The van der Waals surface area contributed by atoms with E-state index in [1.807, 2.05) is 6.07 Å². The summed E-state index contributed by atoms with van der Waals surface area (Å²) in [5.74, 6) is -1.76. The molecule has 0 unspecified atom stereocenters. The van der Waals surface area contributed by atoms with Gasteiger partial charge in [-0.1, -0.05) is 18.2 Å². The zero-order valence-electron chi connectivity index (χ0n) is 13.0. The fourth-order valence-electron chi connectivity index (χ4n) is 2.53. The van der Waals surface area contributed by atoms with Crippen LogP contribution in [0.2, 0.25) is 0 Å². The van der Waals surface area contributed by atoms with E-state index < -0.39 is 17.3 Å². The first-order valence-electron chi connectivity index (χ1n) is 7.31. The molecule has 0 aliphatic heterocycles. The fourth-order valence-corrected chi connectivity index (χ4v) is 2.73. The largest absolute Gasteiger partial charge is 0.478 e. The lowest BCUT2D eigenvalue weighted by atomic mass is 9.98. The van der Waals surface area contributed by atoms with Crippen molar-refractivity contribution in [1.29, 1.82) is 5.26 Å². The quantitative estimate of drug-likeness (QED) is 0.614. The van der Waals surface area contributed by atoms with Crippen molar-refractivity contribution in [2.75, 3.05) is 0 Å². The van der Waals surface area contributed by atoms with Crippen LogP contribution in [-0.2, 0) is 0 Å². The summed E-state index contributed by atoms with van der Waals surface area (Å²) in [5.41, 5.74) is 0.292. The zero-order valence-corrected chi connectivity index (χ0v) is 13.9. The summed E-state index contributed by atoms with van der Waals surface area (Å²) in [5, 5.41) is 18.3. The SMILES string of the molecule is N#Cc1c(-c2cccc(-c3cc(C(=O)O)ccc3F)c2)[nH]c(=S)[nH]c1=O. The van der Waals surface area contributed by atoms with Crippen molar-refractivity contribution in [2.45, 2.75) is 0 Å². The lowest BCUT2D eigenvalue weighted by Crippen LogP contribution is -2.13. The molecule has 0 saturated heterocycles. The number of carboxylic acids is 1. The van der Waals surface area contributed by atoms with Crippen LogP contribution in [0.4, 0.5) is 4.39 Å². The van der Waals surface area contributed by atoms with Crippen molar-refractivity contribution in [3.05, 3.63) is 74.5 Å². The Hall–Kier alpha value is -3.57. The van der Waals surface area contributed by atoms with Crippen LogP contribution in [0.1, 0.15) is 15.9 Å². The maximum atomic E-state index is 14.2. The van der Waals surface area contributed by atoms with Crippen molar-refractivity contribution < 1.29 is 14.3 Å². The van der Waals surface area contributed by atoms with Gasteiger partial charge in [0.05, 0.1) is 11.3 Å². The Balaban J connectivity index is 2.22. The number of benzene rings is 2. The lowest BCUT2D eigenvalue weighted by molar-refractivity contribution is 0.0697. The summed E-state index contributed by atoms with van der Waals surface area (Å²) < 4.78 is 14.3. The molecule has 3 aromatic rings. The minimum atomic E-state index is -1.17. The number of carboxylic acid groups (broad SMARTS) is 1. The van der Waals surface area contributed by atoms with E-state index in [0.717, 1.165) is 6.07 Å². The van der Waals surface area contributed by atoms with Crippen LogP contribution >= 0.6 is 12.2 Å². The summed E-state index contributed by atoms with van der Waals surface area (Å²) in [4.78, 5) is 28.1. The van der Waals surface area contributed by atoms with Gasteiger partial charge < -0.3 is 10.1 Å². The van der Waals surface area contributed by atoms with Crippen molar-refractivity contribution in [1.82, 2.24) is 9.97 Å². The maximum Gasteiger partial charge on any atom is 0.335 e. The fraction of sp³-hybridized carbons (Fsp3) is 0. The first kappa shape index (κ1) is 17.3. The van der Waals surface area contributed by atoms with E-state index in [2.05, 4.69) is 9.97 Å². The Morgan fingerprint density at radius 3 is 2.58 bits per heavy atom. The molecule has 0 amide bonds. The Labute approximate surface area is 151 Å². The van der Waals surface area contributed by atoms with Crippen LogP contribution in [0.3, 0.4) is 0 Å². The smallest absolute Gasteiger partial charge is 0.335 e. The van der Waals surface area contributed by atoms with Gasteiger partial charge in [-0.3, -0.25) is 9.78 Å². The molecule has 0 spiro atoms. The van der Waals surface area contributed by atoms with Gasteiger partial charge in [-0.05, 0) is 42.0 Å². The molecule has 128 valence electrons. The highest BCUT2D eigenvalue weighted by atomic mass is 32.1. The lowest BCUT2D eigenvalue weighted by Gasteiger charge is -2.09. The third kappa shape index (κ3) is 3.16. The van der Waals surface area contributed by atoms with E-state index in [1.54, 1.807) is 24.3 Å². The number of aromatic nitrogens is 2. The van der Waals surface area contributed by atoms with E-state index in [4.69, 9.17) is 17.3 Å². The highest BCUT2D eigenvalue weighted by molar-refractivity contribution is 7.71. The summed E-state index contributed by atoms with van der Waals surface area (Å²) in [6.07, 6.45) is 0. The van der Waals surface area contributed by atoms with Gasteiger partial charge >= 0.3 is 5.97 Å². The van der Waals surface area contributed by atoms with E-state index in [1.165, 1.54) is 12.1 Å². The number of rotatable bonds is 3. The third-order valence-corrected chi connectivity index (χ3v) is 3.93. The highest BCUT2D eigenvalue weighted by Crippen LogP contribution is 2.28. The molecule has 26 heavy (non-hydrogen) atoms. The molecule has 0 saturated carbocycles. The van der Waals surface area contributed by atoms with Gasteiger partial charge in [-0.2, -0.15) is 5.26 Å². The van der Waals surface area contributed by atoms with Gasteiger partial charge in [0.1, 0.15) is 17.4 Å². The summed E-state index contributed by atoms with van der Waals surface area (Å²) in [7, 11) is 0. The minimum Gasteiger partial charge on any atom is -0.478 e. The molecular formula is C18H10FN3O3S. The molecule has 0 aliphatic rings. The van der Waals surface area contributed by atoms with Gasteiger partial charge in [0.25, 0.3) is 5.56 Å². The van der Waals surface area contributed by atoms with Gasteiger partial charge in [-0.15, -0.1) is 0 Å². The Morgan fingerprint density at radius 2 is 1.88 bits per heavy atom. The molecular weight excluding hydrogens is 357 g/mol. The van der Waals surface area contributed by atoms with Crippen LogP contribution in [0.5, 0.6) is 0 Å². The topological polar surface area (TPSA) is 110 Å². The molecule has 0 aliphatic carbocycles. The number of aromatic carboxylic acids is 1. The van der Waals surface area contributed by atoms with Crippen LogP contribution in [0.15, 0.2) is 47.3 Å². The number of halogens is 1. The van der Waals surface area contributed by atoms with Gasteiger partial charge in [0, 0.05) is 11.1 Å². The van der Waals surface area contributed by atoms with Crippen molar-refractivity contribution in [3.8, 4) is 28.5 Å². The normalized spacial score (nSPS) is 10.3. The van der Waals surface area contributed by atoms with E-state index >= 15 is 0 Å². The summed E-state index contributed by atoms with van der Waals surface area (Å²) in [6.45, 7) is 0. The predicted molar refractivity (Wildman–Crippen MR) is 94.8 cm³/mol. The molecule has 1 heterocycles. The van der Waals surface area contributed by atoms with Crippen molar-refractivity contribution >= 4 is 18.2 Å². The van der Waals surface area contributed by atoms with Crippen molar-refractivity contribution in [2.24, 2.45) is 0 Å². The first-order valence-corrected chi connectivity index (χ1v) is 7.72. The molecule has 8 heteroatoms. The summed E-state index contributed by atoms with van der Waals surface area (Å²) in [6, 6.07) is 11.7. The molecule has 0 fully saturated rings. The van der Waals surface area contributed by atoms with E-state index in [-0.39, 0.29) is 27.2 Å². The maximum absolute atomic E-state index is 14.2. The van der Waals surface area contributed by atoms with Crippen LogP contribution in [0, 0.1) is 21.9 Å². The van der Waals surface area contributed by atoms with Crippen LogP contribution in [0.25, 0.3) is 22.4 Å². The standard InChI is InChI=1S/C18H10FN3O3S/c19-14-5-4-11(17(24)25)7-12(14)9-2-1-3-10(6-9)15-13(8-20)16(23)22-18(26)21-15/h1-7H,(H,24,25)(H2,21,22,23,26). The predicted octanol–water partition coefficient (Wildman–Crippen LogP) is 3.48. The number of hydrogen-bond acceptors (Lipinski definition) is 4. The van der Waals surface area contributed by atoms with Gasteiger partial charge in [0.2, 0.25) is 0 Å². The molecule has 0 radical (unpaired) electrons. The zero-order chi connectivity index (χ0) is 18.8. The Kier molecular flexibility index (Phi) is 4.47. The number of hydrogen-bond donors (Lipinski definition) is 3. The molecule has 3 N–H and O–H groups in total. The third-order valence-electron chi connectivity index (χ3n) is 3.73. The second-order valence-corrected chi connectivity index (χ2v) is 5.76. The average Bonchev–Trinajstić information content (AvgIpc) is 2.61. The number of H-pyrrole nitrogens is 2. The molecule has 3 rings (SSSR count). The monoisotopic (exact) mass is 367 g/mol. The number of nitrogens with one attached hydrogen (secondary N) is 2. The number of carbonyl (C=O) groups is 1. The van der Waals surface area contributed by atoms with Crippen LogP contribution in [-0.4, -0.2) is 21.0 Å². The van der Waals surface area contributed by atoms with Crippen LogP contribution < -0.4 is 5.56 Å².